The van der Waals surface area contributed by atoms with Crippen LogP contribution in [0.15, 0.2) is 40.1 Å². The first-order chi connectivity index (χ1) is 17.6. The Bertz CT molecular complexity index is 1600. The lowest BCUT2D eigenvalue weighted by Gasteiger charge is -2.14. The minimum absolute atomic E-state index is 0.0914. The summed E-state index contributed by atoms with van der Waals surface area (Å²) < 4.78 is 45.1. The molecule has 11 nitrogen and oxygen atoms in total. The van der Waals surface area contributed by atoms with E-state index in [1.807, 2.05) is 13.8 Å². The molecule has 1 saturated carbocycles. The Morgan fingerprint density at radius 3 is 2.86 bits per heavy atom. The number of likely N-dealkylation sites (tertiary alicyclic amines) is 1. The van der Waals surface area contributed by atoms with E-state index in [1.165, 1.54) is 23.1 Å². The Morgan fingerprint density at radius 1 is 1.30 bits per heavy atom. The van der Waals surface area contributed by atoms with Crippen molar-refractivity contribution in [3.05, 3.63) is 48.3 Å². The van der Waals surface area contributed by atoms with Crippen LogP contribution in [0.3, 0.4) is 0 Å². The van der Waals surface area contributed by atoms with Gasteiger partial charge < -0.3 is 9.84 Å². The van der Waals surface area contributed by atoms with E-state index in [2.05, 4.69) is 35.4 Å². The SMILES string of the molecule is CC(C)c1noc(CN2CC[C@@]3(CC3Nc3ncnc4c3cnn4-c3ccc(S(C)(=O)=O)cc3F)C2)n1. The van der Waals surface area contributed by atoms with Crippen LogP contribution in [0.2, 0.25) is 0 Å². The minimum Gasteiger partial charge on any atom is -0.366 e. The normalized spacial score (nSPS) is 21.9. The van der Waals surface area contributed by atoms with Crippen molar-refractivity contribution in [1.29, 1.82) is 0 Å². The van der Waals surface area contributed by atoms with Crippen LogP contribution in [0.4, 0.5) is 10.2 Å². The van der Waals surface area contributed by atoms with Crippen LogP contribution in [0.1, 0.15) is 44.3 Å². The molecule has 1 aliphatic carbocycles. The number of hydrogen-bond donors (Lipinski definition) is 1. The summed E-state index contributed by atoms with van der Waals surface area (Å²) in [6.45, 7) is 6.60. The molecule has 1 aromatic carbocycles. The summed E-state index contributed by atoms with van der Waals surface area (Å²) in [6.07, 6.45) is 6.13. The van der Waals surface area contributed by atoms with E-state index in [0.717, 1.165) is 44.1 Å². The van der Waals surface area contributed by atoms with Gasteiger partial charge in [-0.15, -0.1) is 0 Å². The summed E-state index contributed by atoms with van der Waals surface area (Å²) in [4.78, 5) is 15.5. The highest BCUT2D eigenvalue weighted by Crippen LogP contribution is 2.54. The van der Waals surface area contributed by atoms with Gasteiger partial charge in [-0.1, -0.05) is 19.0 Å². The van der Waals surface area contributed by atoms with E-state index in [0.29, 0.717) is 29.3 Å². The Kier molecular flexibility index (Phi) is 5.53. The molecule has 37 heavy (non-hydrogen) atoms. The summed E-state index contributed by atoms with van der Waals surface area (Å²) in [7, 11) is -3.52. The predicted octanol–water partition coefficient (Wildman–Crippen LogP) is 2.94. The van der Waals surface area contributed by atoms with Gasteiger partial charge >= 0.3 is 0 Å². The number of nitrogens with one attached hydrogen (secondary N) is 1. The molecule has 2 aliphatic rings. The predicted molar refractivity (Wildman–Crippen MR) is 132 cm³/mol. The lowest BCUT2D eigenvalue weighted by molar-refractivity contribution is 0.256. The quantitative estimate of drug-likeness (QED) is 0.383. The molecule has 3 aromatic heterocycles. The third-order valence-corrected chi connectivity index (χ3v) is 8.38. The summed E-state index contributed by atoms with van der Waals surface area (Å²) in [5.41, 5.74) is 0.702. The first-order valence-corrected chi connectivity index (χ1v) is 14.0. The number of rotatable bonds is 7. The van der Waals surface area contributed by atoms with Gasteiger partial charge in [-0.25, -0.2) is 27.5 Å². The maximum atomic E-state index is 14.8. The molecule has 0 bridgehead atoms. The van der Waals surface area contributed by atoms with Crippen molar-refractivity contribution in [2.75, 3.05) is 24.7 Å². The maximum Gasteiger partial charge on any atom is 0.240 e. The van der Waals surface area contributed by atoms with E-state index in [9.17, 15) is 12.8 Å². The standard InChI is InChI=1S/C24H27FN8O3S/c1-14(2)21-30-20(36-31-21)11-32-7-6-24(12-32)9-19(24)29-22-16-10-28-33(23(16)27-13-26-22)18-5-4-15(8-17(18)25)37(3,34)35/h4-5,8,10,13-14,19H,6-7,9,11-12H2,1-3H3,(H,26,27,29)/t19?,24-/m1/s1. The van der Waals surface area contributed by atoms with Crippen LogP contribution >= 0.6 is 0 Å². The fraction of sp³-hybridized carbons (Fsp3) is 0.458. The Balaban J connectivity index is 1.18. The first-order valence-electron chi connectivity index (χ1n) is 12.1. The fourth-order valence-corrected chi connectivity index (χ4v) is 5.70. The molecule has 1 spiro atoms. The largest absolute Gasteiger partial charge is 0.366 e. The Morgan fingerprint density at radius 2 is 2.14 bits per heavy atom. The summed E-state index contributed by atoms with van der Waals surface area (Å²) in [5, 5.41) is 12.6. The molecule has 13 heteroatoms. The third kappa shape index (κ3) is 4.35. The van der Waals surface area contributed by atoms with Crippen LogP contribution < -0.4 is 5.32 Å². The van der Waals surface area contributed by atoms with E-state index in [-0.39, 0.29) is 28.0 Å². The molecule has 1 aliphatic heterocycles. The van der Waals surface area contributed by atoms with Crippen LogP contribution in [0, 0.1) is 11.2 Å². The van der Waals surface area contributed by atoms with Crippen LogP contribution in [-0.2, 0) is 16.4 Å². The first kappa shape index (κ1) is 23.9. The lowest BCUT2D eigenvalue weighted by Crippen LogP contribution is -2.23. The molecule has 0 radical (unpaired) electrons. The number of anilines is 1. The highest BCUT2D eigenvalue weighted by Gasteiger charge is 2.57. The molecule has 0 amide bonds. The van der Waals surface area contributed by atoms with Crippen molar-refractivity contribution >= 4 is 26.7 Å². The van der Waals surface area contributed by atoms with Gasteiger partial charge in [-0.3, -0.25) is 4.90 Å². The van der Waals surface area contributed by atoms with Gasteiger partial charge in [0.05, 0.1) is 23.0 Å². The van der Waals surface area contributed by atoms with Gasteiger partial charge in [-0.2, -0.15) is 10.1 Å². The van der Waals surface area contributed by atoms with Crippen LogP contribution in [-0.4, -0.2) is 68.6 Å². The van der Waals surface area contributed by atoms with Crippen molar-refractivity contribution in [3.63, 3.8) is 0 Å². The second-order valence-corrected chi connectivity index (χ2v) is 12.3. The highest BCUT2D eigenvalue weighted by molar-refractivity contribution is 7.90. The van der Waals surface area contributed by atoms with Crippen molar-refractivity contribution in [2.45, 2.75) is 50.1 Å². The average molecular weight is 527 g/mol. The summed E-state index contributed by atoms with van der Waals surface area (Å²) >= 11 is 0. The van der Waals surface area contributed by atoms with Crippen LogP contribution in [0.25, 0.3) is 16.7 Å². The van der Waals surface area contributed by atoms with Crippen molar-refractivity contribution in [1.82, 2.24) is 34.8 Å². The second-order valence-electron chi connectivity index (χ2n) is 10.3. The van der Waals surface area contributed by atoms with Gasteiger partial charge in [0, 0.05) is 30.2 Å². The molecule has 2 fully saturated rings. The van der Waals surface area contributed by atoms with Crippen molar-refractivity contribution in [2.24, 2.45) is 5.41 Å². The van der Waals surface area contributed by atoms with E-state index < -0.39 is 15.7 Å². The average Bonchev–Trinajstić information content (AvgIpc) is 3.27. The zero-order valence-electron chi connectivity index (χ0n) is 20.7. The zero-order valence-corrected chi connectivity index (χ0v) is 21.5. The molecule has 194 valence electrons. The molecular weight excluding hydrogens is 499 g/mol. The smallest absolute Gasteiger partial charge is 0.240 e. The number of aromatic nitrogens is 6. The fourth-order valence-electron chi connectivity index (χ4n) is 5.07. The van der Waals surface area contributed by atoms with Gasteiger partial charge in [0.2, 0.25) is 5.89 Å². The van der Waals surface area contributed by atoms with Gasteiger partial charge in [-0.05, 0) is 37.6 Å². The molecule has 4 aromatic rings. The van der Waals surface area contributed by atoms with Crippen LogP contribution in [0.5, 0.6) is 0 Å². The Labute approximate surface area is 213 Å². The topological polar surface area (TPSA) is 132 Å². The van der Waals surface area contributed by atoms with Gasteiger partial charge in [0.25, 0.3) is 0 Å². The van der Waals surface area contributed by atoms with Crippen molar-refractivity contribution < 1.29 is 17.3 Å². The molecule has 1 saturated heterocycles. The third-order valence-electron chi connectivity index (χ3n) is 7.27. The van der Waals surface area contributed by atoms with E-state index in [4.69, 9.17) is 4.52 Å². The van der Waals surface area contributed by atoms with E-state index >= 15 is 0 Å². The van der Waals surface area contributed by atoms with E-state index in [1.54, 1.807) is 6.20 Å². The molecular formula is C24H27FN8O3S. The van der Waals surface area contributed by atoms with Gasteiger partial charge in [0.15, 0.2) is 21.3 Å². The number of fused-ring (bicyclic) bond motifs is 1. The van der Waals surface area contributed by atoms with Crippen molar-refractivity contribution in [3.8, 4) is 5.69 Å². The number of hydrogen-bond acceptors (Lipinski definition) is 10. The number of benzene rings is 1. The summed E-state index contributed by atoms with van der Waals surface area (Å²) in [6, 6.07) is 4.00. The lowest BCUT2D eigenvalue weighted by atomic mass is 10.1. The monoisotopic (exact) mass is 526 g/mol. The summed E-state index contributed by atoms with van der Waals surface area (Å²) in [5.74, 6) is 1.55. The maximum absolute atomic E-state index is 14.8. The second kappa shape index (κ2) is 8.55. The molecule has 2 atom stereocenters. The Hall–Kier alpha value is -3.45. The molecule has 6 rings (SSSR count). The number of sulfone groups is 1. The zero-order chi connectivity index (χ0) is 25.9. The molecule has 4 heterocycles. The molecule has 1 N–H and O–H groups in total. The highest BCUT2D eigenvalue weighted by atomic mass is 32.2. The number of halogens is 1. The van der Waals surface area contributed by atoms with Gasteiger partial charge in [0.1, 0.15) is 23.6 Å². The molecule has 1 unspecified atom stereocenters. The minimum atomic E-state index is -3.52. The number of nitrogens with zero attached hydrogens (tertiary/aromatic N) is 7.